The summed E-state index contributed by atoms with van der Waals surface area (Å²) in [5.41, 5.74) is 3.80. The zero-order valence-corrected chi connectivity index (χ0v) is 13.3. The maximum absolute atomic E-state index is 6.03. The minimum Gasteiger partial charge on any atom is -0.352 e. The summed E-state index contributed by atoms with van der Waals surface area (Å²) in [6, 6.07) is 6.52. The van der Waals surface area contributed by atoms with E-state index in [1.807, 2.05) is 11.3 Å². The molecule has 0 aliphatic carbocycles. The first kappa shape index (κ1) is 13.9. The van der Waals surface area contributed by atoms with E-state index < -0.39 is 0 Å². The molecule has 0 aromatic carbocycles. The molecule has 3 heterocycles. The molecule has 0 atom stereocenters. The molecule has 0 radical (unpaired) electrons. The first-order valence-electron chi connectivity index (χ1n) is 7.16. The molecule has 0 N–H and O–H groups in total. The summed E-state index contributed by atoms with van der Waals surface area (Å²) < 4.78 is 0. The van der Waals surface area contributed by atoms with E-state index >= 15 is 0 Å². The summed E-state index contributed by atoms with van der Waals surface area (Å²) in [5, 5.41) is 2.19. The lowest BCUT2D eigenvalue weighted by Gasteiger charge is -2.28. The zero-order chi connectivity index (χ0) is 13.9. The predicted octanol–water partition coefficient (Wildman–Crippen LogP) is 4.40. The fourth-order valence-corrected chi connectivity index (χ4v) is 3.74. The van der Waals surface area contributed by atoms with Gasteiger partial charge in [0, 0.05) is 29.5 Å². The van der Waals surface area contributed by atoms with Crippen molar-refractivity contribution in [1.29, 1.82) is 0 Å². The van der Waals surface area contributed by atoms with Gasteiger partial charge < -0.3 is 4.90 Å². The van der Waals surface area contributed by atoms with Crippen molar-refractivity contribution in [2.75, 3.05) is 11.4 Å². The Morgan fingerprint density at radius 2 is 2.30 bits per heavy atom. The molecule has 0 unspecified atom stereocenters. The van der Waals surface area contributed by atoms with Crippen molar-refractivity contribution in [2.45, 2.75) is 38.6 Å². The Kier molecular flexibility index (Phi) is 4.27. The van der Waals surface area contributed by atoms with E-state index in [0.29, 0.717) is 5.88 Å². The minimum absolute atomic E-state index is 0.559. The van der Waals surface area contributed by atoms with Crippen LogP contribution >= 0.6 is 22.9 Å². The summed E-state index contributed by atoms with van der Waals surface area (Å²) in [6.45, 7) is 4.22. The Morgan fingerprint density at radius 3 is 3.10 bits per heavy atom. The molecule has 1 aliphatic heterocycles. The van der Waals surface area contributed by atoms with Crippen LogP contribution in [0.4, 0.5) is 5.82 Å². The molecule has 20 heavy (non-hydrogen) atoms. The number of rotatable bonds is 4. The van der Waals surface area contributed by atoms with Gasteiger partial charge in [-0.05, 0) is 47.5 Å². The summed E-state index contributed by atoms with van der Waals surface area (Å²) in [4.78, 5) is 8.73. The third-order valence-corrected chi connectivity index (χ3v) is 5.05. The average molecular weight is 307 g/mol. The van der Waals surface area contributed by atoms with Crippen molar-refractivity contribution >= 4 is 28.8 Å². The molecule has 0 fully saturated rings. The van der Waals surface area contributed by atoms with Crippen molar-refractivity contribution in [1.82, 2.24) is 4.98 Å². The van der Waals surface area contributed by atoms with E-state index in [2.05, 4.69) is 35.4 Å². The molecule has 0 saturated carbocycles. The van der Waals surface area contributed by atoms with Crippen molar-refractivity contribution in [3.8, 4) is 0 Å². The van der Waals surface area contributed by atoms with Gasteiger partial charge in [0.25, 0.3) is 0 Å². The normalized spacial score (nSPS) is 14.4. The van der Waals surface area contributed by atoms with Gasteiger partial charge >= 0.3 is 0 Å². The van der Waals surface area contributed by atoms with Crippen molar-refractivity contribution in [3.63, 3.8) is 0 Å². The van der Waals surface area contributed by atoms with Crippen LogP contribution in [0.15, 0.2) is 23.6 Å². The number of aromatic nitrogens is 1. The number of nitrogens with zero attached hydrogens (tertiary/aromatic N) is 2. The first-order valence-corrected chi connectivity index (χ1v) is 8.57. The van der Waals surface area contributed by atoms with Gasteiger partial charge in [0.15, 0.2) is 0 Å². The zero-order valence-electron chi connectivity index (χ0n) is 11.7. The highest BCUT2D eigenvalue weighted by Gasteiger charge is 2.19. The Bertz CT molecular complexity index is 594. The van der Waals surface area contributed by atoms with Gasteiger partial charge in [-0.15, -0.1) is 22.9 Å². The van der Waals surface area contributed by atoms with Crippen LogP contribution in [0.1, 0.15) is 35.0 Å². The lowest BCUT2D eigenvalue weighted by Crippen LogP contribution is -2.30. The lowest BCUT2D eigenvalue weighted by atomic mass is 10.1. The quantitative estimate of drug-likeness (QED) is 0.778. The summed E-state index contributed by atoms with van der Waals surface area (Å²) in [6.07, 6.45) is 3.27. The minimum atomic E-state index is 0.559. The Hall–Kier alpha value is -1.06. The molecule has 106 valence electrons. The highest BCUT2D eigenvalue weighted by molar-refractivity contribution is 7.10. The number of pyridine rings is 1. The maximum atomic E-state index is 6.03. The number of thiophene rings is 1. The molecule has 2 aromatic rings. The summed E-state index contributed by atoms with van der Waals surface area (Å²) in [7, 11) is 0. The Balaban J connectivity index is 1.88. The molecule has 0 saturated heterocycles. The van der Waals surface area contributed by atoms with Gasteiger partial charge in [-0.25, -0.2) is 4.98 Å². The van der Waals surface area contributed by atoms with Crippen LogP contribution in [0, 0.1) is 0 Å². The molecule has 4 heteroatoms. The van der Waals surface area contributed by atoms with Crippen LogP contribution in [0.25, 0.3) is 0 Å². The first-order chi connectivity index (χ1) is 9.80. The predicted molar refractivity (Wildman–Crippen MR) is 86.9 cm³/mol. The third kappa shape index (κ3) is 2.84. The number of fused-ring (bicyclic) bond motifs is 1. The SMILES string of the molecule is CCCc1cc(CCl)cc(N2CCc3sccc3C2)n1. The fourth-order valence-electron chi connectivity index (χ4n) is 2.70. The maximum Gasteiger partial charge on any atom is 0.129 e. The molecular formula is C16H19ClN2S. The number of hydrogen-bond acceptors (Lipinski definition) is 3. The highest BCUT2D eigenvalue weighted by Crippen LogP contribution is 2.28. The van der Waals surface area contributed by atoms with Gasteiger partial charge in [0.05, 0.1) is 0 Å². The molecule has 3 rings (SSSR count). The number of anilines is 1. The topological polar surface area (TPSA) is 16.1 Å². The van der Waals surface area contributed by atoms with Crippen LogP contribution in [0.3, 0.4) is 0 Å². The second kappa shape index (κ2) is 6.15. The molecule has 1 aliphatic rings. The Morgan fingerprint density at radius 1 is 1.40 bits per heavy atom. The lowest BCUT2D eigenvalue weighted by molar-refractivity contribution is 0.726. The summed E-state index contributed by atoms with van der Waals surface area (Å²) >= 11 is 7.90. The molecule has 0 spiro atoms. The van der Waals surface area contributed by atoms with Crippen LogP contribution in [0.5, 0.6) is 0 Å². The van der Waals surface area contributed by atoms with E-state index in [4.69, 9.17) is 16.6 Å². The van der Waals surface area contributed by atoms with Gasteiger partial charge in [-0.2, -0.15) is 0 Å². The van der Waals surface area contributed by atoms with Gasteiger partial charge in [0.2, 0.25) is 0 Å². The smallest absolute Gasteiger partial charge is 0.129 e. The van der Waals surface area contributed by atoms with Crippen molar-refractivity contribution in [2.24, 2.45) is 0 Å². The third-order valence-electron chi connectivity index (χ3n) is 3.72. The molecule has 2 aromatic heterocycles. The number of hydrogen-bond donors (Lipinski definition) is 0. The van der Waals surface area contributed by atoms with E-state index in [1.165, 1.54) is 16.0 Å². The molecule has 2 nitrogen and oxygen atoms in total. The largest absolute Gasteiger partial charge is 0.352 e. The summed E-state index contributed by atoms with van der Waals surface area (Å²) in [5.74, 6) is 1.65. The monoisotopic (exact) mass is 306 g/mol. The van der Waals surface area contributed by atoms with E-state index in [-0.39, 0.29) is 0 Å². The van der Waals surface area contributed by atoms with Crippen molar-refractivity contribution < 1.29 is 0 Å². The molecule has 0 amide bonds. The van der Waals surface area contributed by atoms with Crippen LogP contribution in [0.2, 0.25) is 0 Å². The number of halogens is 1. The van der Waals surface area contributed by atoms with Crippen LogP contribution < -0.4 is 4.90 Å². The average Bonchev–Trinajstić information content (AvgIpc) is 2.94. The van der Waals surface area contributed by atoms with Crippen molar-refractivity contribution in [3.05, 3.63) is 45.3 Å². The van der Waals surface area contributed by atoms with Gasteiger partial charge in [0.1, 0.15) is 5.82 Å². The van der Waals surface area contributed by atoms with E-state index in [0.717, 1.165) is 43.9 Å². The van der Waals surface area contributed by atoms with Gasteiger partial charge in [-0.1, -0.05) is 13.3 Å². The molecule has 0 bridgehead atoms. The highest BCUT2D eigenvalue weighted by atomic mass is 35.5. The second-order valence-corrected chi connectivity index (χ2v) is 6.52. The van der Waals surface area contributed by atoms with Crippen LogP contribution in [-0.2, 0) is 25.3 Å². The molecular weight excluding hydrogens is 288 g/mol. The fraction of sp³-hybridized carbons (Fsp3) is 0.438. The van der Waals surface area contributed by atoms with Crippen LogP contribution in [-0.4, -0.2) is 11.5 Å². The number of alkyl halides is 1. The van der Waals surface area contributed by atoms with E-state index in [9.17, 15) is 0 Å². The van der Waals surface area contributed by atoms with E-state index in [1.54, 1.807) is 0 Å². The second-order valence-electron chi connectivity index (χ2n) is 5.25. The standard InChI is InChI=1S/C16H19ClN2S/c1-2-3-14-8-12(10-17)9-16(18-14)19-6-4-15-13(11-19)5-7-20-15/h5,7-9H,2-4,6,10-11H2,1H3. The number of aryl methyl sites for hydroxylation is 1. The Labute approximate surface area is 129 Å². The van der Waals surface area contributed by atoms with Gasteiger partial charge in [-0.3, -0.25) is 0 Å².